The molecule has 0 aliphatic rings. The number of aryl methyl sites for hydroxylation is 1. The highest BCUT2D eigenvalue weighted by molar-refractivity contribution is 9.10. The van der Waals surface area contributed by atoms with Crippen LogP contribution in [-0.2, 0) is 0 Å². The maximum Gasteiger partial charge on any atom is 0.260 e. The molecule has 2 aromatic heterocycles. The maximum atomic E-state index is 12.3. The molecule has 0 unspecified atom stereocenters. The predicted molar refractivity (Wildman–Crippen MR) is 79.9 cm³/mol. The molecule has 0 spiro atoms. The van der Waals surface area contributed by atoms with Crippen LogP contribution < -0.4 is 10.6 Å². The molecule has 2 heterocycles. The smallest absolute Gasteiger partial charge is 0.260 e. The number of hydrogen-bond acceptors (Lipinski definition) is 5. The van der Waals surface area contributed by atoms with Crippen LogP contribution in [0.5, 0.6) is 0 Å². The van der Waals surface area contributed by atoms with Gasteiger partial charge in [0.05, 0.1) is 5.56 Å². The van der Waals surface area contributed by atoms with Crippen molar-refractivity contribution in [3.8, 4) is 0 Å². The van der Waals surface area contributed by atoms with Crippen LogP contribution in [0.15, 0.2) is 27.3 Å². The van der Waals surface area contributed by atoms with Gasteiger partial charge >= 0.3 is 0 Å². The van der Waals surface area contributed by atoms with Crippen molar-refractivity contribution in [2.45, 2.75) is 20.3 Å². The molecule has 0 saturated carbocycles. The summed E-state index contributed by atoms with van der Waals surface area (Å²) < 4.78 is 5.65. The van der Waals surface area contributed by atoms with Crippen molar-refractivity contribution in [1.29, 1.82) is 0 Å². The summed E-state index contributed by atoms with van der Waals surface area (Å²) in [5, 5.41) is 9.54. The van der Waals surface area contributed by atoms with E-state index in [-0.39, 0.29) is 5.91 Å². The average molecular weight is 339 g/mol. The van der Waals surface area contributed by atoms with E-state index in [0.717, 1.165) is 17.4 Å². The van der Waals surface area contributed by atoms with Gasteiger partial charge in [0, 0.05) is 23.3 Å². The number of carbonyl (C=O) groups excluding carboxylic acids is 1. The van der Waals surface area contributed by atoms with Gasteiger partial charge in [-0.2, -0.15) is 0 Å². The molecule has 0 aromatic carbocycles. The summed E-state index contributed by atoms with van der Waals surface area (Å²) in [4.78, 5) is 16.5. The highest BCUT2D eigenvalue weighted by Crippen LogP contribution is 2.19. The fourth-order valence-corrected chi connectivity index (χ4v) is 1.94. The van der Waals surface area contributed by atoms with Crippen LogP contribution in [0.3, 0.4) is 0 Å². The third-order valence-electron chi connectivity index (χ3n) is 2.51. The van der Waals surface area contributed by atoms with Crippen molar-refractivity contribution in [3.05, 3.63) is 34.1 Å². The normalized spacial score (nSPS) is 10.3. The zero-order valence-corrected chi connectivity index (χ0v) is 12.8. The molecule has 2 aromatic rings. The summed E-state index contributed by atoms with van der Waals surface area (Å²) in [7, 11) is 0. The summed E-state index contributed by atoms with van der Waals surface area (Å²) in [5.41, 5.74) is 0.452. The van der Waals surface area contributed by atoms with Crippen LogP contribution in [0.1, 0.15) is 29.5 Å². The van der Waals surface area contributed by atoms with Gasteiger partial charge in [0.2, 0.25) is 0 Å². The molecule has 0 saturated heterocycles. The van der Waals surface area contributed by atoms with E-state index in [1.54, 1.807) is 25.3 Å². The lowest BCUT2D eigenvalue weighted by atomic mass is 10.2. The van der Waals surface area contributed by atoms with Gasteiger partial charge in [-0.1, -0.05) is 12.1 Å². The zero-order chi connectivity index (χ0) is 14.5. The molecular weight excluding hydrogens is 324 g/mol. The summed E-state index contributed by atoms with van der Waals surface area (Å²) >= 11 is 3.32. The van der Waals surface area contributed by atoms with Gasteiger partial charge in [-0.3, -0.25) is 4.79 Å². The van der Waals surface area contributed by atoms with Crippen LogP contribution >= 0.6 is 15.9 Å². The number of carbonyl (C=O) groups is 1. The molecular formula is C13H15BrN4O2. The Morgan fingerprint density at radius 2 is 2.25 bits per heavy atom. The van der Waals surface area contributed by atoms with E-state index in [1.165, 1.54) is 0 Å². The number of anilines is 2. The molecule has 2 rings (SSSR count). The number of hydrogen-bond donors (Lipinski definition) is 2. The number of nitrogens with one attached hydrogen (secondary N) is 2. The van der Waals surface area contributed by atoms with E-state index >= 15 is 0 Å². The summed E-state index contributed by atoms with van der Waals surface area (Å²) in [5.74, 6) is 1.28. The van der Waals surface area contributed by atoms with Crippen LogP contribution in [0.25, 0.3) is 0 Å². The first kappa shape index (κ1) is 14.5. The Labute approximate surface area is 125 Å². The van der Waals surface area contributed by atoms with Gasteiger partial charge in [0.15, 0.2) is 5.82 Å². The number of rotatable bonds is 5. The first-order valence-corrected chi connectivity index (χ1v) is 7.03. The third-order valence-corrected chi connectivity index (χ3v) is 2.94. The van der Waals surface area contributed by atoms with E-state index in [2.05, 4.69) is 36.7 Å². The van der Waals surface area contributed by atoms with E-state index < -0.39 is 0 Å². The molecule has 2 N–H and O–H groups in total. The summed E-state index contributed by atoms with van der Waals surface area (Å²) in [6, 6.07) is 3.37. The van der Waals surface area contributed by atoms with Crippen LogP contribution in [-0.4, -0.2) is 22.6 Å². The first-order valence-electron chi connectivity index (χ1n) is 6.24. The second kappa shape index (κ2) is 6.51. The zero-order valence-electron chi connectivity index (χ0n) is 11.2. The minimum absolute atomic E-state index is 0.286. The number of aromatic nitrogens is 2. The fraction of sp³-hybridized carbons (Fsp3) is 0.308. The van der Waals surface area contributed by atoms with Gasteiger partial charge in [-0.05, 0) is 35.3 Å². The SMILES string of the molecule is CCCNc1ncc(Br)cc1C(=O)Nc1cc(C)on1. The molecule has 0 fully saturated rings. The Hall–Kier alpha value is -1.89. The molecule has 0 atom stereocenters. The molecule has 7 heteroatoms. The van der Waals surface area contributed by atoms with Crippen LogP contribution in [0.4, 0.5) is 11.6 Å². The largest absolute Gasteiger partial charge is 0.369 e. The van der Waals surface area contributed by atoms with Crippen molar-refractivity contribution in [1.82, 2.24) is 10.1 Å². The quantitative estimate of drug-likeness (QED) is 0.874. The van der Waals surface area contributed by atoms with Gasteiger partial charge in [-0.15, -0.1) is 0 Å². The lowest BCUT2D eigenvalue weighted by molar-refractivity contribution is 0.102. The third kappa shape index (κ3) is 3.57. The highest BCUT2D eigenvalue weighted by atomic mass is 79.9. The van der Waals surface area contributed by atoms with E-state index in [0.29, 0.717) is 23.0 Å². The fourth-order valence-electron chi connectivity index (χ4n) is 1.61. The van der Waals surface area contributed by atoms with Gasteiger partial charge < -0.3 is 15.2 Å². The highest BCUT2D eigenvalue weighted by Gasteiger charge is 2.15. The Morgan fingerprint density at radius 1 is 1.45 bits per heavy atom. The van der Waals surface area contributed by atoms with Crippen molar-refractivity contribution in [2.24, 2.45) is 0 Å². The minimum atomic E-state index is -0.286. The monoisotopic (exact) mass is 338 g/mol. The van der Waals surface area contributed by atoms with Crippen LogP contribution in [0, 0.1) is 6.92 Å². The molecule has 1 amide bonds. The molecule has 20 heavy (non-hydrogen) atoms. The first-order chi connectivity index (χ1) is 9.60. The summed E-state index contributed by atoms with van der Waals surface area (Å²) in [6.45, 7) is 4.55. The van der Waals surface area contributed by atoms with Gasteiger partial charge in [-0.25, -0.2) is 4.98 Å². The van der Waals surface area contributed by atoms with Gasteiger partial charge in [0.1, 0.15) is 11.6 Å². The van der Waals surface area contributed by atoms with Crippen molar-refractivity contribution in [3.63, 3.8) is 0 Å². The standard InChI is InChI=1S/C13H15BrN4O2/c1-3-4-15-12-10(6-9(14)7-16-12)13(19)17-11-5-8(2)20-18-11/h5-7H,3-4H2,1-2H3,(H,15,16)(H,17,18,19). The van der Waals surface area contributed by atoms with E-state index in [9.17, 15) is 4.79 Å². The lowest BCUT2D eigenvalue weighted by Crippen LogP contribution is -2.16. The lowest BCUT2D eigenvalue weighted by Gasteiger charge is -2.10. The van der Waals surface area contributed by atoms with E-state index in [1.807, 2.05) is 6.92 Å². The van der Waals surface area contributed by atoms with Crippen LogP contribution in [0.2, 0.25) is 0 Å². The predicted octanol–water partition coefficient (Wildman–Crippen LogP) is 3.21. The minimum Gasteiger partial charge on any atom is -0.369 e. The maximum absolute atomic E-state index is 12.3. The van der Waals surface area contributed by atoms with Gasteiger partial charge in [0.25, 0.3) is 5.91 Å². The number of nitrogens with zero attached hydrogens (tertiary/aromatic N) is 2. The molecule has 0 radical (unpaired) electrons. The van der Waals surface area contributed by atoms with Crippen molar-refractivity contribution >= 4 is 33.5 Å². The topological polar surface area (TPSA) is 80.0 Å². The van der Waals surface area contributed by atoms with Crippen molar-refractivity contribution < 1.29 is 9.32 Å². The molecule has 106 valence electrons. The summed E-state index contributed by atoms with van der Waals surface area (Å²) in [6.07, 6.45) is 2.59. The molecule has 0 aliphatic carbocycles. The Bertz CT molecular complexity index is 612. The number of pyridine rings is 1. The van der Waals surface area contributed by atoms with E-state index in [4.69, 9.17) is 4.52 Å². The second-order valence-electron chi connectivity index (χ2n) is 4.25. The molecule has 6 nitrogen and oxygen atoms in total. The second-order valence-corrected chi connectivity index (χ2v) is 5.17. The Morgan fingerprint density at radius 3 is 2.90 bits per heavy atom. The van der Waals surface area contributed by atoms with Crippen molar-refractivity contribution in [2.75, 3.05) is 17.2 Å². The Balaban J connectivity index is 2.21. The number of halogens is 1. The molecule has 0 aliphatic heterocycles. The number of amides is 1. The Kier molecular flexibility index (Phi) is 4.73. The molecule has 0 bridgehead atoms. The average Bonchev–Trinajstić information content (AvgIpc) is 2.82.